The first kappa shape index (κ1) is 35.3. The highest BCUT2D eigenvalue weighted by Crippen LogP contribution is 2.50. The molecule has 0 aliphatic heterocycles. The lowest BCUT2D eigenvalue weighted by molar-refractivity contribution is 0.660. The highest BCUT2D eigenvalue weighted by Gasteiger charge is 2.35. The van der Waals surface area contributed by atoms with Gasteiger partial charge in [0.1, 0.15) is 22.3 Å². The first-order valence-corrected chi connectivity index (χ1v) is 21.8. The summed E-state index contributed by atoms with van der Waals surface area (Å²) in [6.07, 6.45) is 0. The third kappa shape index (κ3) is 4.93. The molecule has 0 spiro atoms. The van der Waals surface area contributed by atoms with Crippen molar-refractivity contribution >= 4 is 76.5 Å². The molecular formula is C58H36N4O2. The van der Waals surface area contributed by atoms with Gasteiger partial charge >= 0.3 is 0 Å². The predicted molar refractivity (Wildman–Crippen MR) is 260 cm³/mol. The van der Waals surface area contributed by atoms with Crippen molar-refractivity contribution in [2.24, 2.45) is 0 Å². The molecule has 0 radical (unpaired) electrons. The van der Waals surface area contributed by atoms with E-state index in [2.05, 4.69) is 164 Å². The Labute approximate surface area is 366 Å². The molecule has 4 aromatic heterocycles. The van der Waals surface area contributed by atoms with Crippen molar-refractivity contribution in [3.05, 3.63) is 193 Å². The van der Waals surface area contributed by atoms with Crippen LogP contribution in [0.1, 0.15) is 25.0 Å². The van der Waals surface area contributed by atoms with Crippen LogP contribution in [0.4, 0.5) is 0 Å². The third-order valence-corrected chi connectivity index (χ3v) is 13.7. The van der Waals surface area contributed by atoms with E-state index in [0.717, 1.165) is 98.7 Å². The van der Waals surface area contributed by atoms with Crippen molar-refractivity contribution in [2.45, 2.75) is 19.3 Å². The Morgan fingerprint density at radius 3 is 1.62 bits per heavy atom. The molecule has 0 bridgehead atoms. The summed E-state index contributed by atoms with van der Waals surface area (Å²) in [7, 11) is 0. The number of benzene rings is 9. The van der Waals surface area contributed by atoms with E-state index < -0.39 is 0 Å². The molecule has 1 aliphatic carbocycles. The van der Waals surface area contributed by atoms with Crippen molar-refractivity contribution in [3.63, 3.8) is 0 Å². The van der Waals surface area contributed by atoms with Crippen LogP contribution in [0, 0.1) is 0 Å². The lowest BCUT2D eigenvalue weighted by atomic mass is 9.82. The minimum Gasteiger partial charge on any atom is -0.456 e. The zero-order chi connectivity index (χ0) is 42.3. The molecule has 9 aromatic carbocycles. The van der Waals surface area contributed by atoms with Gasteiger partial charge in [0, 0.05) is 59.8 Å². The van der Waals surface area contributed by atoms with Crippen molar-refractivity contribution < 1.29 is 8.83 Å². The van der Waals surface area contributed by atoms with Crippen LogP contribution in [0.2, 0.25) is 0 Å². The van der Waals surface area contributed by atoms with E-state index in [1.165, 1.54) is 22.3 Å². The number of nitrogens with zero attached hydrogens (tertiary/aromatic N) is 4. The largest absolute Gasteiger partial charge is 0.456 e. The van der Waals surface area contributed by atoms with Crippen LogP contribution in [0.3, 0.4) is 0 Å². The summed E-state index contributed by atoms with van der Waals surface area (Å²) in [5, 5.41) is 8.73. The number of fused-ring (bicyclic) bond motifs is 14. The van der Waals surface area contributed by atoms with Gasteiger partial charge in [0.05, 0.1) is 11.0 Å². The SMILES string of the molecule is CC1(C)c2ccccc2-c2cc(-c3cccc4c5ccc6ccccc6c5n(-c5nc(-c6ccc7c(c6)oc6ccccc67)nc(-c6ccc7c(c6)oc6ccccc67)n5)c34)ccc21. The minimum atomic E-state index is -0.0985. The zero-order valence-corrected chi connectivity index (χ0v) is 34.9. The summed E-state index contributed by atoms with van der Waals surface area (Å²) in [5.41, 5.74) is 14.3. The number of rotatable bonds is 4. The average Bonchev–Trinajstić information content (AvgIpc) is 4.07. The quantitative estimate of drug-likeness (QED) is 0.177. The highest BCUT2D eigenvalue weighted by atomic mass is 16.3. The fourth-order valence-corrected chi connectivity index (χ4v) is 10.6. The second kappa shape index (κ2) is 12.8. The van der Waals surface area contributed by atoms with Gasteiger partial charge in [0.15, 0.2) is 11.6 Å². The molecule has 13 aromatic rings. The number of aromatic nitrogens is 4. The molecule has 14 rings (SSSR count). The Balaban J connectivity index is 1.07. The third-order valence-electron chi connectivity index (χ3n) is 13.7. The van der Waals surface area contributed by atoms with Crippen molar-refractivity contribution in [2.75, 3.05) is 0 Å². The molecule has 64 heavy (non-hydrogen) atoms. The lowest BCUT2D eigenvalue weighted by Crippen LogP contribution is -2.14. The van der Waals surface area contributed by atoms with Gasteiger partial charge in [0.2, 0.25) is 5.95 Å². The van der Waals surface area contributed by atoms with E-state index in [1.54, 1.807) is 0 Å². The van der Waals surface area contributed by atoms with E-state index in [0.29, 0.717) is 17.6 Å². The van der Waals surface area contributed by atoms with Gasteiger partial charge in [-0.15, -0.1) is 0 Å². The molecule has 0 amide bonds. The molecule has 6 nitrogen and oxygen atoms in total. The van der Waals surface area contributed by atoms with Crippen molar-refractivity contribution in [1.29, 1.82) is 0 Å². The average molecular weight is 821 g/mol. The number of hydrogen-bond donors (Lipinski definition) is 0. The summed E-state index contributed by atoms with van der Waals surface area (Å²) < 4.78 is 15.1. The maximum absolute atomic E-state index is 6.41. The van der Waals surface area contributed by atoms with Gasteiger partial charge in [-0.2, -0.15) is 9.97 Å². The monoisotopic (exact) mass is 820 g/mol. The van der Waals surface area contributed by atoms with E-state index in [9.17, 15) is 0 Å². The standard InChI is InChI=1S/C58H36N4O2/c1-58(2)47-19-8-5-14-39(47)46-30-34(25-29-48(46)58)38-17-11-18-44-45-28-22-33-12-3-4-13-37(33)53(45)62(54(38)44)57-60-55(35-23-26-42-40-15-6-9-20-49(40)63-51(42)31-35)59-56(61-57)36-24-27-43-41-16-7-10-21-50(41)64-52(43)32-36/h3-32H,1-2H3. The van der Waals surface area contributed by atoms with Crippen LogP contribution in [-0.2, 0) is 5.41 Å². The molecule has 4 heterocycles. The number of para-hydroxylation sites is 3. The van der Waals surface area contributed by atoms with Crippen LogP contribution < -0.4 is 0 Å². The first-order valence-electron chi connectivity index (χ1n) is 21.8. The Morgan fingerprint density at radius 1 is 0.375 bits per heavy atom. The fraction of sp³-hybridized carbons (Fsp3) is 0.0517. The predicted octanol–water partition coefficient (Wildman–Crippen LogP) is 15.2. The second-order valence-corrected chi connectivity index (χ2v) is 17.6. The highest BCUT2D eigenvalue weighted by molar-refractivity contribution is 6.21. The van der Waals surface area contributed by atoms with Gasteiger partial charge in [-0.1, -0.05) is 153 Å². The molecule has 0 N–H and O–H groups in total. The maximum atomic E-state index is 6.41. The van der Waals surface area contributed by atoms with E-state index in [-0.39, 0.29) is 5.41 Å². The van der Waals surface area contributed by atoms with Gasteiger partial charge in [-0.25, -0.2) is 4.98 Å². The van der Waals surface area contributed by atoms with Gasteiger partial charge in [-0.3, -0.25) is 4.57 Å². The van der Waals surface area contributed by atoms with Gasteiger partial charge in [-0.05, 0) is 75.7 Å². The molecular weight excluding hydrogens is 785 g/mol. The molecule has 1 aliphatic rings. The van der Waals surface area contributed by atoms with E-state index in [4.69, 9.17) is 23.8 Å². The van der Waals surface area contributed by atoms with E-state index in [1.807, 2.05) is 36.4 Å². The normalized spacial score (nSPS) is 13.3. The first-order chi connectivity index (χ1) is 31.5. The smallest absolute Gasteiger partial charge is 0.238 e. The van der Waals surface area contributed by atoms with Crippen molar-refractivity contribution in [3.8, 4) is 51.0 Å². The zero-order valence-electron chi connectivity index (χ0n) is 34.9. The van der Waals surface area contributed by atoms with Gasteiger partial charge < -0.3 is 8.83 Å². The van der Waals surface area contributed by atoms with Crippen LogP contribution in [0.25, 0.3) is 127 Å². The summed E-state index contributed by atoms with van der Waals surface area (Å²) in [4.78, 5) is 16.2. The van der Waals surface area contributed by atoms with Crippen LogP contribution >= 0.6 is 0 Å². The summed E-state index contributed by atoms with van der Waals surface area (Å²) in [5.74, 6) is 1.60. The molecule has 0 saturated carbocycles. The summed E-state index contributed by atoms with van der Waals surface area (Å²) in [6, 6.07) is 64.3. The molecule has 6 heteroatoms. The summed E-state index contributed by atoms with van der Waals surface area (Å²) >= 11 is 0. The van der Waals surface area contributed by atoms with E-state index >= 15 is 0 Å². The Hall–Kier alpha value is -8.35. The number of furan rings is 2. The topological polar surface area (TPSA) is 69.9 Å². The van der Waals surface area contributed by atoms with Crippen molar-refractivity contribution in [1.82, 2.24) is 19.5 Å². The molecule has 0 atom stereocenters. The molecule has 0 fully saturated rings. The Bertz CT molecular complexity index is 4000. The van der Waals surface area contributed by atoms with Gasteiger partial charge in [0.25, 0.3) is 0 Å². The van der Waals surface area contributed by atoms with Crippen LogP contribution in [0.5, 0.6) is 0 Å². The Kier molecular flexibility index (Phi) is 7.08. The fourth-order valence-electron chi connectivity index (χ4n) is 10.6. The Morgan fingerprint density at radius 2 is 0.906 bits per heavy atom. The van der Waals surface area contributed by atoms with Crippen LogP contribution in [0.15, 0.2) is 191 Å². The molecule has 0 unspecified atom stereocenters. The second-order valence-electron chi connectivity index (χ2n) is 17.6. The molecule has 300 valence electrons. The maximum Gasteiger partial charge on any atom is 0.238 e. The lowest BCUT2D eigenvalue weighted by Gasteiger charge is -2.21. The van der Waals surface area contributed by atoms with Crippen LogP contribution in [-0.4, -0.2) is 19.5 Å². The minimum absolute atomic E-state index is 0.0985. The number of hydrogen-bond acceptors (Lipinski definition) is 5. The summed E-state index contributed by atoms with van der Waals surface area (Å²) in [6.45, 7) is 4.66. The molecule has 0 saturated heterocycles.